The molecule has 0 radical (unpaired) electrons. The summed E-state index contributed by atoms with van der Waals surface area (Å²) in [5.41, 5.74) is -0.596. The zero-order valence-corrected chi connectivity index (χ0v) is 17.4. The highest BCUT2D eigenvalue weighted by molar-refractivity contribution is 5.69. The average molecular weight is 395 g/mol. The first-order chi connectivity index (χ1) is 13.4. The first-order valence-corrected chi connectivity index (χ1v) is 11.3. The Morgan fingerprint density at radius 1 is 1.04 bits per heavy atom. The monoisotopic (exact) mass is 394 g/mol. The van der Waals surface area contributed by atoms with Crippen molar-refractivity contribution >= 4 is 5.97 Å². The number of esters is 1. The second-order valence-corrected chi connectivity index (χ2v) is 10.1. The Kier molecular flexibility index (Phi) is 4.77. The highest BCUT2D eigenvalue weighted by Gasteiger charge is 2.69. The van der Waals surface area contributed by atoms with E-state index in [0.717, 1.165) is 38.5 Å². The third-order valence-electron chi connectivity index (χ3n) is 8.27. The van der Waals surface area contributed by atoms with E-state index in [-0.39, 0.29) is 17.8 Å². The van der Waals surface area contributed by atoms with Crippen molar-refractivity contribution in [2.75, 3.05) is 0 Å². The fourth-order valence-corrected chi connectivity index (χ4v) is 6.63. The quantitative estimate of drug-likeness (QED) is 0.525. The van der Waals surface area contributed by atoms with E-state index >= 15 is 0 Å². The molecular formula is C22H34O6. The second-order valence-electron chi connectivity index (χ2n) is 10.1. The normalized spacial score (nSPS) is 50.8. The maximum Gasteiger partial charge on any atom is 0.308 e. The fourth-order valence-electron chi connectivity index (χ4n) is 6.63. The Hall–Kier alpha value is -0.690. The molecule has 6 rings (SSSR count). The highest BCUT2D eigenvalue weighted by atomic mass is 17.3. The van der Waals surface area contributed by atoms with E-state index in [2.05, 4.69) is 13.8 Å². The zero-order valence-electron chi connectivity index (χ0n) is 17.4. The lowest BCUT2D eigenvalue weighted by atomic mass is 9.58. The molecule has 6 nitrogen and oxygen atoms in total. The van der Waals surface area contributed by atoms with E-state index in [0.29, 0.717) is 24.2 Å². The Labute approximate surface area is 167 Å². The third kappa shape index (κ3) is 2.94. The van der Waals surface area contributed by atoms with Crippen LogP contribution in [0.2, 0.25) is 0 Å². The minimum atomic E-state index is -0.795. The Morgan fingerprint density at radius 2 is 1.82 bits per heavy atom. The third-order valence-corrected chi connectivity index (χ3v) is 8.27. The number of rotatable bonds is 3. The molecule has 6 heteroatoms. The van der Waals surface area contributed by atoms with Crippen LogP contribution in [-0.4, -0.2) is 29.9 Å². The van der Waals surface area contributed by atoms with Crippen molar-refractivity contribution in [3.8, 4) is 0 Å². The molecule has 4 aliphatic heterocycles. The van der Waals surface area contributed by atoms with Gasteiger partial charge in [-0.3, -0.25) is 4.79 Å². The predicted molar refractivity (Wildman–Crippen MR) is 99.5 cm³/mol. The van der Waals surface area contributed by atoms with Crippen LogP contribution in [0.3, 0.4) is 0 Å². The van der Waals surface area contributed by atoms with Crippen LogP contribution in [0.4, 0.5) is 0 Å². The van der Waals surface area contributed by atoms with Crippen LogP contribution in [0.1, 0.15) is 78.6 Å². The topological polar surface area (TPSA) is 63.2 Å². The van der Waals surface area contributed by atoms with Crippen molar-refractivity contribution < 1.29 is 28.8 Å². The number of hydrogen-bond donors (Lipinski definition) is 0. The van der Waals surface area contributed by atoms with Crippen LogP contribution in [0.5, 0.6) is 0 Å². The lowest BCUT2D eigenvalue weighted by Gasteiger charge is -2.59. The molecule has 2 bridgehead atoms. The van der Waals surface area contributed by atoms with Crippen LogP contribution >= 0.6 is 0 Å². The summed E-state index contributed by atoms with van der Waals surface area (Å²) in [5, 5.41) is 0. The molecule has 0 amide bonds. The van der Waals surface area contributed by atoms with Gasteiger partial charge in [-0.1, -0.05) is 26.7 Å². The largest absolute Gasteiger partial charge is 0.435 e. The van der Waals surface area contributed by atoms with E-state index in [4.69, 9.17) is 24.0 Å². The van der Waals surface area contributed by atoms with E-state index in [1.807, 2.05) is 6.92 Å². The van der Waals surface area contributed by atoms with Gasteiger partial charge in [0.2, 0.25) is 12.1 Å². The van der Waals surface area contributed by atoms with Gasteiger partial charge in [-0.15, -0.1) is 0 Å². The molecule has 0 aromatic rings. The van der Waals surface area contributed by atoms with Gasteiger partial charge in [0.1, 0.15) is 0 Å². The van der Waals surface area contributed by atoms with Crippen LogP contribution in [0.25, 0.3) is 0 Å². The molecule has 8 atom stereocenters. The average Bonchev–Trinajstić information content (AvgIpc) is 3.05. The molecule has 0 N–H and O–H groups in total. The fraction of sp³-hybridized carbons (Fsp3) is 0.955. The van der Waals surface area contributed by atoms with E-state index in [1.165, 1.54) is 12.8 Å². The van der Waals surface area contributed by atoms with Crippen molar-refractivity contribution in [3.63, 3.8) is 0 Å². The van der Waals surface area contributed by atoms with Gasteiger partial charge in [-0.05, 0) is 56.8 Å². The molecule has 6 fully saturated rings. The minimum absolute atomic E-state index is 0.0495. The number of carbonyl (C=O) groups excluding carboxylic acids is 1. The Morgan fingerprint density at radius 3 is 2.61 bits per heavy atom. The van der Waals surface area contributed by atoms with Crippen molar-refractivity contribution in [3.05, 3.63) is 0 Å². The van der Waals surface area contributed by atoms with Gasteiger partial charge in [0.15, 0.2) is 11.9 Å². The smallest absolute Gasteiger partial charge is 0.308 e. The summed E-state index contributed by atoms with van der Waals surface area (Å²) in [6.07, 6.45) is 8.06. The summed E-state index contributed by atoms with van der Waals surface area (Å²) in [4.78, 5) is 24.5. The zero-order chi connectivity index (χ0) is 19.5. The molecule has 2 saturated carbocycles. The number of hydrogen-bond acceptors (Lipinski definition) is 6. The molecule has 28 heavy (non-hydrogen) atoms. The minimum Gasteiger partial charge on any atom is -0.435 e. The summed E-state index contributed by atoms with van der Waals surface area (Å²) >= 11 is 0. The molecule has 4 saturated heterocycles. The summed E-state index contributed by atoms with van der Waals surface area (Å²) in [5.74, 6) is 0.645. The molecule has 1 spiro atoms. The Balaban J connectivity index is 1.38. The predicted octanol–water partition coefficient (Wildman–Crippen LogP) is 4.32. The van der Waals surface area contributed by atoms with Gasteiger partial charge < -0.3 is 14.2 Å². The van der Waals surface area contributed by atoms with Crippen molar-refractivity contribution in [2.24, 2.45) is 29.6 Å². The maximum atomic E-state index is 12.6. The summed E-state index contributed by atoms with van der Waals surface area (Å²) in [6.45, 7) is 6.34. The molecular weight excluding hydrogens is 360 g/mol. The van der Waals surface area contributed by atoms with Crippen LogP contribution in [0, 0.1) is 29.6 Å². The summed E-state index contributed by atoms with van der Waals surface area (Å²) in [7, 11) is 0. The van der Waals surface area contributed by atoms with Crippen LogP contribution in [-0.2, 0) is 28.8 Å². The molecule has 0 aromatic carbocycles. The number of ether oxygens (including phenoxy) is 3. The van der Waals surface area contributed by atoms with Gasteiger partial charge in [-0.25, -0.2) is 9.78 Å². The van der Waals surface area contributed by atoms with E-state index < -0.39 is 24.0 Å². The Bertz CT molecular complexity index is 618. The standard InChI is InChI=1S/C22H34O6/c1-13-8-9-17-14(2)19(24-18(23)12-15-6-4-5-7-15)25-20-22(17)16(13)10-11-21(3,26-20)27-28-22/h13-17,19-20H,4-12H2,1-3H3/t13-,14+,16-,17-,19-,20+,21-,22-/m1/s1. The first kappa shape index (κ1) is 19.3. The highest BCUT2D eigenvalue weighted by Crippen LogP contribution is 2.60. The van der Waals surface area contributed by atoms with Crippen molar-refractivity contribution in [1.29, 1.82) is 0 Å². The molecule has 0 unspecified atom stereocenters. The van der Waals surface area contributed by atoms with Crippen LogP contribution < -0.4 is 0 Å². The molecule has 2 aliphatic carbocycles. The van der Waals surface area contributed by atoms with Crippen molar-refractivity contribution in [2.45, 2.75) is 103 Å². The summed E-state index contributed by atoms with van der Waals surface area (Å²) < 4.78 is 18.5. The number of fused-ring (bicyclic) bond motifs is 2. The summed E-state index contributed by atoms with van der Waals surface area (Å²) in [6, 6.07) is 0. The van der Waals surface area contributed by atoms with E-state index in [1.54, 1.807) is 0 Å². The van der Waals surface area contributed by atoms with Crippen molar-refractivity contribution in [1.82, 2.24) is 0 Å². The first-order valence-electron chi connectivity index (χ1n) is 11.3. The van der Waals surface area contributed by atoms with Gasteiger partial charge >= 0.3 is 5.97 Å². The van der Waals surface area contributed by atoms with Gasteiger partial charge in [0.05, 0.1) is 0 Å². The van der Waals surface area contributed by atoms with Gasteiger partial charge in [0.25, 0.3) is 0 Å². The molecule has 4 heterocycles. The lowest BCUT2D eigenvalue weighted by Crippen LogP contribution is -2.70. The maximum absolute atomic E-state index is 12.6. The lowest BCUT2D eigenvalue weighted by molar-refractivity contribution is -0.576. The molecule has 0 aromatic heterocycles. The van der Waals surface area contributed by atoms with Gasteiger partial charge in [0, 0.05) is 24.7 Å². The molecule has 158 valence electrons. The number of carbonyl (C=O) groups is 1. The van der Waals surface area contributed by atoms with Crippen LogP contribution in [0.15, 0.2) is 0 Å². The second kappa shape index (κ2) is 6.93. The SMILES string of the molecule is C[C@@H]1[C@H](OC(=O)CC2CCCC2)O[C@H]2O[C@@]3(C)CC[C@@H]4[C@H](C)CC[C@H]1[C@@]24OO3. The van der Waals surface area contributed by atoms with Gasteiger partial charge in [-0.2, -0.15) is 0 Å². The molecule has 6 aliphatic rings. The van der Waals surface area contributed by atoms with E-state index in [9.17, 15) is 4.79 Å².